The molecule has 0 unspecified atom stereocenters. The molecule has 4 N–H and O–H groups in total. The van der Waals surface area contributed by atoms with Gasteiger partial charge in [-0.25, -0.2) is 19.2 Å². The van der Waals surface area contributed by atoms with Gasteiger partial charge in [-0.3, -0.25) is 0 Å². The van der Waals surface area contributed by atoms with E-state index in [0.717, 1.165) is 12.1 Å². The van der Waals surface area contributed by atoms with Gasteiger partial charge < -0.3 is 20.4 Å². The number of carbonyl (C=O) groups is 4. The monoisotopic (exact) mass is 280 g/mol. The van der Waals surface area contributed by atoms with Gasteiger partial charge in [-0.2, -0.15) is 0 Å². The molecule has 0 bridgehead atoms. The fraction of sp³-hybridized carbons (Fsp3) is 0. The van der Waals surface area contributed by atoms with Crippen LogP contribution in [0.5, 0.6) is 0 Å². The van der Waals surface area contributed by atoms with Crippen LogP contribution in [0.15, 0.2) is 12.6 Å². The molecule has 20 heavy (non-hydrogen) atoms. The highest BCUT2D eigenvalue weighted by atomic mass is 16.4. The predicted octanol–water partition coefficient (Wildman–Crippen LogP) is 1.12. The summed E-state index contributed by atoms with van der Waals surface area (Å²) in [7, 11) is 0. The smallest absolute Gasteiger partial charge is 0.337 e. The van der Waals surface area contributed by atoms with Crippen molar-refractivity contribution in [2.24, 2.45) is 0 Å². The quantitative estimate of drug-likeness (QED) is 0.626. The highest BCUT2D eigenvalue weighted by Gasteiger charge is 2.31. The second-order valence-corrected chi connectivity index (χ2v) is 3.56. The minimum absolute atomic E-state index is 0.294. The van der Waals surface area contributed by atoms with E-state index in [2.05, 4.69) is 6.58 Å². The van der Waals surface area contributed by atoms with Gasteiger partial charge in [0.05, 0.1) is 22.3 Å². The molecule has 0 amide bonds. The molecule has 0 aliphatic heterocycles. The summed E-state index contributed by atoms with van der Waals surface area (Å²) in [6.07, 6.45) is 0.938. The minimum atomic E-state index is -1.86. The first-order chi connectivity index (χ1) is 9.22. The minimum Gasteiger partial charge on any atom is -0.478 e. The first-order valence-electron chi connectivity index (χ1n) is 4.99. The predicted molar refractivity (Wildman–Crippen MR) is 64.4 cm³/mol. The third-order valence-corrected chi connectivity index (χ3v) is 2.45. The van der Waals surface area contributed by atoms with Gasteiger partial charge >= 0.3 is 23.9 Å². The number of rotatable bonds is 5. The Hall–Kier alpha value is -3.16. The molecule has 1 aromatic rings. The third-order valence-electron chi connectivity index (χ3n) is 2.45. The average molecular weight is 280 g/mol. The Morgan fingerprint density at radius 1 is 0.800 bits per heavy atom. The van der Waals surface area contributed by atoms with Crippen LogP contribution in [-0.2, 0) is 0 Å². The van der Waals surface area contributed by atoms with E-state index < -0.39 is 46.1 Å². The zero-order valence-electron chi connectivity index (χ0n) is 9.78. The summed E-state index contributed by atoms with van der Waals surface area (Å²) in [4.78, 5) is 44.3. The number of hydrogen-bond acceptors (Lipinski definition) is 4. The van der Waals surface area contributed by atoms with Crippen molar-refractivity contribution in [3.63, 3.8) is 0 Å². The Morgan fingerprint density at radius 3 is 1.55 bits per heavy atom. The average Bonchev–Trinajstić information content (AvgIpc) is 2.35. The van der Waals surface area contributed by atoms with Gasteiger partial charge in [-0.15, -0.1) is 0 Å². The van der Waals surface area contributed by atoms with Gasteiger partial charge in [-0.1, -0.05) is 12.7 Å². The van der Waals surface area contributed by atoms with Crippen molar-refractivity contribution in [2.75, 3.05) is 0 Å². The summed E-state index contributed by atoms with van der Waals surface area (Å²) in [5.74, 6) is -7.09. The molecular weight excluding hydrogens is 272 g/mol. The van der Waals surface area contributed by atoms with Gasteiger partial charge in [0.25, 0.3) is 0 Å². The molecule has 0 aliphatic carbocycles. The normalized spacial score (nSPS) is 9.80. The lowest BCUT2D eigenvalue weighted by atomic mass is 9.91. The largest absolute Gasteiger partial charge is 0.478 e. The summed E-state index contributed by atoms with van der Waals surface area (Å²) in [6.45, 7) is 3.25. The Balaban J connectivity index is 4.07. The number of benzene rings is 1. The molecule has 1 aromatic carbocycles. The van der Waals surface area contributed by atoms with E-state index in [1.54, 1.807) is 0 Å². The summed E-state index contributed by atoms with van der Waals surface area (Å²) in [5, 5.41) is 35.9. The molecule has 0 aromatic heterocycles. The maximum Gasteiger partial charge on any atom is 0.337 e. The number of carboxylic acids is 4. The van der Waals surface area contributed by atoms with Crippen LogP contribution in [0.4, 0.5) is 0 Å². The molecule has 0 heterocycles. The van der Waals surface area contributed by atoms with Crippen LogP contribution in [-0.4, -0.2) is 44.3 Å². The van der Waals surface area contributed by atoms with E-state index in [1.807, 2.05) is 0 Å². The van der Waals surface area contributed by atoms with Crippen molar-refractivity contribution in [3.05, 3.63) is 40.5 Å². The van der Waals surface area contributed by atoms with Gasteiger partial charge in [0.15, 0.2) is 0 Å². The Kier molecular flexibility index (Phi) is 3.89. The maximum atomic E-state index is 11.1. The number of aromatic carboxylic acids is 4. The van der Waals surface area contributed by atoms with Crippen molar-refractivity contribution in [1.29, 1.82) is 0 Å². The van der Waals surface area contributed by atoms with Crippen LogP contribution in [0.1, 0.15) is 47.0 Å². The molecular formula is C12H8O8. The number of carboxylic acid groups (broad SMARTS) is 4. The fourth-order valence-corrected chi connectivity index (χ4v) is 1.70. The summed E-state index contributed by atoms with van der Waals surface area (Å²) in [6, 6.07) is 0.759. The molecule has 0 fully saturated rings. The Morgan fingerprint density at radius 2 is 1.25 bits per heavy atom. The van der Waals surface area contributed by atoms with Crippen LogP contribution < -0.4 is 0 Å². The van der Waals surface area contributed by atoms with Gasteiger partial charge in [0.1, 0.15) is 0 Å². The zero-order chi connectivity index (χ0) is 15.6. The van der Waals surface area contributed by atoms with Crippen molar-refractivity contribution in [3.8, 4) is 0 Å². The highest BCUT2D eigenvalue weighted by molar-refractivity contribution is 6.15. The van der Waals surface area contributed by atoms with E-state index in [1.165, 1.54) is 0 Å². The first-order valence-corrected chi connectivity index (χ1v) is 4.99. The lowest BCUT2D eigenvalue weighted by Crippen LogP contribution is -2.20. The third kappa shape index (κ3) is 2.34. The Labute approximate surface area is 111 Å². The topological polar surface area (TPSA) is 149 Å². The first kappa shape index (κ1) is 14.9. The molecule has 0 saturated heterocycles. The second-order valence-electron chi connectivity index (χ2n) is 3.56. The van der Waals surface area contributed by atoms with E-state index in [-0.39, 0.29) is 5.56 Å². The highest BCUT2D eigenvalue weighted by Crippen LogP contribution is 2.25. The lowest BCUT2D eigenvalue weighted by Gasteiger charge is -2.12. The summed E-state index contributed by atoms with van der Waals surface area (Å²) < 4.78 is 0. The summed E-state index contributed by atoms with van der Waals surface area (Å²) >= 11 is 0. The van der Waals surface area contributed by atoms with Crippen molar-refractivity contribution in [1.82, 2.24) is 0 Å². The van der Waals surface area contributed by atoms with Crippen LogP contribution >= 0.6 is 0 Å². The summed E-state index contributed by atoms with van der Waals surface area (Å²) in [5.41, 5.74) is -4.13. The lowest BCUT2D eigenvalue weighted by molar-refractivity contribution is 0.0619. The molecule has 0 radical (unpaired) electrons. The molecule has 8 nitrogen and oxygen atoms in total. The Bertz CT molecular complexity index is 656. The standard InChI is InChI=1S/C12H8O8/c1-2-4-3-5(9(13)14)7(11(17)18)8(12(19)20)6(4)10(15)16/h2-3H,1H2,(H,13,14)(H,15,16)(H,17,18)(H,19,20). The van der Waals surface area contributed by atoms with Crippen molar-refractivity contribution in [2.45, 2.75) is 0 Å². The van der Waals surface area contributed by atoms with Crippen molar-refractivity contribution >= 4 is 30.0 Å². The van der Waals surface area contributed by atoms with Crippen LogP contribution in [0, 0.1) is 0 Å². The zero-order valence-corrected chi connectivity index (χ0v) is 9.78. The second kappa shape index (κ2) is 5.22. The van der Waals surface area contributed by atoms with E-state index in [9.17, 15) is 19.2 Å². The SMILES string of the molecule is C=Cc1cc(C(=O)O)c(C(=O)O)c(C(=O)O)c1C(=O)O. The molecule has 8 heteroatoms. The fourth-order valence-electron chi connectivity index (χ4n) is 1.70. The number of hydrogen-bond donors (Lipinski definition) is 4. The van der Waals surface area contributed by atoms with Gasteiger partial charge in [0, 0.05) is 0 Å². The molecule has 1 rings (SSSR count). The van der Waals surface area contributed by atoms with Crippen LogP contribution in [0.3, 0.4) is 0 Å². The van der Waals surface area contributed by atoms with Crippen LogP contribution in [0.2, 0.25) is 0 Å². The van der Waals surface area contributed by atoms with Gasteiger partial charge in [0.2, 0.25) is 0 Å². The van der Waals surface area contributed by atoms with E-state index in [4.69, 9.17) is 20.4 Å². The van der Waals surface area contributed by atoms with Gasteiger partial charge in [-0.05, 0) is 11.6 Å². The van der Waals surface area contributed by atoms with E-state index in [0.29, 0.717) is 0 Å². The maximum absolute atomic E-state index is 11.1. The molecule has 0 saturated carbocycles. The molecule has 104 valence electrons. The molecule has 0 atom stereocenters. The van der Waals surface area contributed by atoms with Crippen LogP contribution in [0.25, 0.3) is 6.08 Å². The molecule has 0 spiro atoms. The van der Waals surface area contributed by atoms with Crippen molar-refractivity contribution < 1.29 is 39.6 Å². The molecule has 0 aliphatic rings. The van der Waals surface area contributed by atoms with E-state index >= 15 is 0 Å².